The molecule has 1 aliphatic heterocycles. The third kappa shape index (κ3) is 9.58. The number of carbonyl (C=O) groups excluding carboxylic acids is 4. The van der Waals surface area contributed by atoms with Crippen molar-refractivity contribution in [1.82, 2.24) is 10.2 Å². The zero-order valence-corrected chi connectivity index (χ0v) is 21.6. The van der Waals surface area contributed by atoms with E-state index in [0.29, 0.717) is 38.8 Å². The van der Waals surface area contributed by atoms with Crippen molar-refractivity contribution in [2.45, 2.75) is 83.3 Å². The van der Waals surface area contributed by atoms with Crippen molar-refractivity contribution in [3.05, 3.63) is 0 Å². The molecule has 184 valence electrons. The Morgan fingerprint density at radius 2 is 1.72 bits per heavy atom. The van der Waals surface area contributed by atoms with Crippen LogP contribution in [0.15, 0.2) is 0 Å². The molecule has 0 aromatic carbocycles. The van der Waals surface area contributed by atoms with Gasteiger partial charge in [0.2, 0.25) is 0 Å². The number of methoxy groups -OCH3 is 1. The van der Waals surface area contributed by atoms with Crippen LogP contribution in [0.25, 0.3) is 0 Å². The molecule has 2 amide bonds. The van der Waals surface area contributed by atoms with E-state index in [4.69, 9.17) is 14.2 Å². The quantitative estimate of drug-likeness (QED) is 0.236. The average molecular weight is 473 g/mol. The maximum atomic E-state index is 12.6. The smallest absolute Gasteiger partial charge is 0.409 e. The van der Waals surface area contributed by atoms with E-state index in [1.807, 2.05) is 0 Å². The summed E-state index contributed by atoms with van der Waals surface area (Å²) in [6.45, 7) is 13.2. The highest BCUT2D eigenvalue weighted by atomic mass is 28.3. The van der Waals surface area contributed by atoms with Gasteiger partial charge >= 0.3 is 18.2 Å². The van der Waals surface area contributed by atoms with Gasteiger partial charge in [-0.05, 0) is 52.0 Å². The largest absolute Gasteiger partial charge is 0.467 e. The van der Waals surface area contributed by atoms with Crippen molar-refractivity contribution in [1.29, 1.82) is 0 Å². The number of likely N-dealkylation sites (tertiary alicyclic amines) is 1. The van der Waals surface area contributed by atoms with Crippen molar-refractivity contribution in [3.63, 3.8) is 0 Å². The topological polar surface area (TPSA) is 111 Å². The summed E-state index contributed by atoms with van der Waals surface area (Å²) in [5, 5.41) is 2.59. The highest BCUT2D eigenvalue weighted by molar-refractivity contribution is 6.76. The number of nitrogens with one attached hydrogen (secondary N) is 1. The summed E-state index contributed by atoms with van der Waals surface area (Å²) in [6.07, 6.45) is 0.731. The van der Waals surface area contributed by atoms with Crippen LogP contribution in [0.3, 0.4) is 0 Å². The van der Waals surface area contributed by atoms with Gasteiger partial charge in [-0.3, -0.25) is 0 Å². The van der Waals surface area contributed by atoms with E-state index in [1.165, 1.54) is 7.11 Å². The average Bonchev–Trinajstić information content (AvgIpc) is 2.65. The van der Waals surface area contributed by atoms with E-state index >= 15 is 0 Å². The standard InChI is InChI=1S/C22H40N2O7Si/c1-21(2,3)31-19(27)23-22(10-13-25,18(26)29-4)16-17-8-11-24(12-9-17)20(28)30-14-15-32(5,6)7/h13,17H,8-12,14-16H2,1-7H3,(H,23,27)/t22-/m0/s1. The number of nitrogens with zero attached hydrogens (tertiary/aromatic N) is 1. The number of hydrogen-bond donors (Lipinski definition) is 1. The van der Waals surface area contributed by atoms with Crippen LogP contribution in [0.2, 0.25) is 25.7 Å². The summed E-state index contributed by atoms with van der Waals surface area (Å²) in [7, 11) is -0.0553. The molecule has 0 aromatic rings. The maximum absolute atomic E-state index is 12.6. The van der Waals surface area contributed by atoms with Gasteiger partial charge in [0.05, 0.1) is 13.7 Å². The summed E-state index contributed by atoms with van der Waals surface area (Å²) in [5.74, 6) is -0.682. The summed E-state index contributed by atoms with van der Waals surface area (Å²) in [5.41, 5.74) is -2.27. The van der Waals surface area contributed by atoms with Gasteiger partial charge < -0.3 is 29.2 Å². The van der Waals surface area contributed by atoms with E-state index < -0.39 is 31.3 Å². The fourth-order valence-electron chi connectivity index (χ4n) is 3.59. The Morgan fingerprint density at radius 1 is 1.12 bits per heavy atom. The summed E-state index contributed by atoms with van der Waals surface area (Å²) >= 11 is 0. The number of ether oxygens (including phenoxy) is 3. The Bertz CT molecular complexity index is 664. The SMILES string of the molecule is COC(=O)[C@](CC=O)(CC1CCN(C(=O)OCC[Si](C)(C)C)CC1)NC(=O)OC(C)(C)C. The van der Waals surface area contributed by atoms with Crippen molar-refractivity contribution < 1.29 is 33.4 Å². The van der Waals surface area contributed by atoms with Crippen LogP contribution in [0.1, 0.15) is 46.5 Å². The van der Waals surface area contributed by atoms with Crippen molar-refractivity contribution in [2.75, 3.05) is 26.8 Å². The molecule has 1 N–H and O–H groups in total. The molecule has 0 saturated carbocycles. The lowest BCUT2D eigenvalue weighted by Gasteiger charge is -2.37. The lowest BCUT2D eigenvalue weighted by molar-refractivity contribution is -0.150. The molecule has 0 unspecified atom stereocenters. The van der Waals surface area contributed by atoms with Gasteiger partial charge in [-0.1, -0.05) is 19.6 Å². The third-order valence-electron chi connectivity index (χ3n) is 5.34. The molecule has 32 heavy (non-hydrogen) atoms. The minimum Gasteiger partial charge on any atom is -0.467 e. The van der Waals surface area contributed by atoms with E-state index in [-0.39, 0.29) is 24.9 Å². The van der Waals surface area contributed by atoms with Crippen LogP contribution in [0.5, 0.6) is 0 Å². The first-order chi connectivity index (χ1) is 14.7. The highest BCUT2D eigenvalue weighted by Crippen LogP contribution is 2.30. The monoisotopic (exact) mass is 472 g/mol. The first-order valence-electron chi connectivity index (χ1n) is 11.2. The van der Waals surface area contributed by atoms with Gasteiger partial charge in [0.25, 0.3) is 0 Å². The predicted octanol–water partition coefficient (Wildman–Crippen LogP) is 3.59. The number of piperidine rings is 1. The van der Waals surface area contributed by atoms with Crippen LogP contribution >= 0.6 is 0 Å². The molecule has 0 aliphatic carbocycles. The van der Waals surface area contributed by atoms with Gasteiger partial charge in [0, 0.05) is 27.6 Å². The molecule has 10 heteroatoms. The number of rotatable bonds is 9. The van der Waals surface area contributed by atoms with Crippen molar-refractivity contribution in [2.24, 2.45) is 5.92 Å². The van der Waals surface area contributed by atoms with Gasteiger partial charge in [-0.15, -0.1) is 0 Å². The number of alkyl carbamates (subject to hydrolysis) is 1. The van der Waals surface area contributed by atoms with Crippen LogP contribution in [-0.2, 0) is 23.8 Å². The Hall–Kier alpha value is -2.10. The molecule has 0 aromatic heterocycles. The fourth-order valence-corrected chi connectivity index (χ4v) is 4.30. The van der Waals surface area contributed by atoms with Crippen LogP contribution in [0.4, 0.5) is 9.59 Å². The molecular weight excluding hydrogens is 432 g/mol. The molecular formula is C22H40N2O7Si. The van der Waals surface area contributed by atoms with Crippen LogP contribution in [0, 0.1) is 5.92 Å². The summed E-state index contributed by atoms with van der Waals surface area (Å²) in [6, 6.07) is 0.916. The molecule has 1 aliphatic rings. The summed E-state index contributed by atoms with van der Waals surface area (Å²) in [4.78, 5) is 50.4. The minimum atomic E-state index is -1.51. The molecule has 1 rings (SSSR count). The lowest BCUT2D eigenvalue weighted by atomic mass is 9.80. The predicted molar refractivity (Wildman–Crippen MR) is 123 cm³/mol. The molecule has 1 saturated heterocycles. The van der Waals surface area contributed by atoms with Gasteiger partial charge in [-0.25, -0.2) is 14.4 Å². The highest BCUT2D eigenvalue weighted by Gasteiger charge is 2.44. The summed E-state index contributed by atoms with van der Waals surface area (Å²) < 4.78 is 15.6. The minimum absolute atomic E-state index is 0.00928. The van der Waals surface area contributed by atoms with Crippen molar-refractivity contribution in [3.8, 4) is 0 Å². The molecule has 1 fully saturated rings. The Morgan fingerprint density at radius 3 is 2.19 bits per heavy atom. The number of aldehydes is 1. The van der Waals surface area contributed by atoms with Gasteiger partial charge in [-0.2, -0.15) is 0 Å². The normalized spacial score (nSPS) is 17.2. The molecule has 1 atom stereocenters. The van der Waals surface area contributed by atoms with Crippen LogP contribution in [-0.4, -0.2) is 75.4 Å². The Labute approximate surface area is 192 Å². The number of carbonyl (C=O) groups is 4. The van der Waals surface area contributed by atoms with E-state index in [2.05, 4.69) is 25.0 Å². The second-order valence-corrected chi connectivity index (χ2v) is 16.3. The molecule has 0 bridgehead atoms. The van der Waals surface area contributed by atoms with Crippen LogP contribution < -0.4 is 5.32 Å². The van der Waals surface area contributed by atoms with Gasteiger partial charge in [0.1, 0.15) is 17.4 Å². The number of hydrogen-bond acceptors (Lipinski definition) is 7. The second kappa shape index (κ2) is 11.7. The number of amides is 2. The fraction of sp³-hybridized carbons (Fsp3) is 0.818. The maximum Gasteiger partial charge on any atom is 0.409 e. The lowest BCUT2D eigenvalue weighted by Crippen LogP contribution is -2.57. The van der Waals surface area contributed by atoms with Gasteiger partial charge in [0.15, 0.2) is 0 Å². The first-order valence-corrected chi connectivity index (χ1v) is 14.9. The molecule has 0 spiro atoms. The van der Waals surface area contributed by atoms with E-state index in [0.717, 1.165) is 6.04 Å². The van der Waals surface area contributed by atoms with Crippen molar-refractivity contribution >= 4 is 32.5 Å². The Kier molecular flexibility index (Phi) is 10.2. The van der Waals surface area contributed by atoms with E-state index in [1.54, 1.807) is 25.7 Å². The molecule has 9 nitrogen and oxygen atoms in total. The zero-order chi connectivity index (χ0) is 24.6. The Balaban J connectivity index is 2.77. The third-order valence-corrected chi connectivity index (χ3v) is 7.04. The number of esters is 1. The molecule has 0 radical (unpaired) electrons. The molecule has 1 heterocycles. The first kappa shape index (κ1) is 27.9. The van der Waals surface area contributed by atoms with E-state index in [9.17, 15) is 19.2 Å². The zero-order valence-electron chi connectivity index (χ0n) is 20.6. The second-order valence-electron chi connectivity index (χ2n) is 10.6.